The quantitative estimate of drug-likeness (QED) is 0.628. The highest BCUT2D eigenvalue weighted by molar-refractivity contribution is 7.80. The summed E-state index contributed by atoms with van der Waals surface area (Å²) < 4.78 is 0. The van der Waals surface area contributed by atoms with Crippen LogP contribution in [0, 0.1) is 0 Å². The molecule has 2 heteroatoms. The van der Waals surface area contributed by atoms with Crippen molar-refractivity contribution in [2.24, 2.45) is 0 Å². The monoisotopic (exact) mass is 139 g/mol. The van der Waals surface area contributed by atoms with Crippen LogP contribution in [0.5, 0.6) is 0 Å². The Bertz CT molecular complexity index is 198. The normalized spacial score (nSPS) is 9.44. The molecule has 0 heterocycles. The zero-order valence-electron chi connectivity index (χ0n) is 4.87. The third kappa shape index (κ3) is 1.66. The average Bonchev–Trinajstić information content (AvgIpc) is 1.88. The number of aliphatic hydroxyl groups is 1. The van der Waals surface area contributed by atoms with E-state index in [2.05, 4.69) is 0 Å². The lowest BCUT2D eigenvalue weighted by atomic mass is 10.2. The molecule has 1 radical (unpaired) electrons. The number of benzene rings is 1. The molecule has 0 amide bonds. The molecule has 0 bridgehead atoms. The van der Waals surface area contributed by atoms with E-state index in [0.29, 0.717) is 0 Å². The fourth-order valence-electron chi connectivity index (χ4n) is 0.644. The van der Waals surface area contributed by atoms with Gasteiger partial charge in [-0.05, 0) is 17.7 Å². The van der Waals surface area contributed by atoms with Gasteiger partial charge in [0.05, 0.1) is 6.61 Å². The lowest BCUT2D eigenvalue weighted by Gasteiger charge is -1.93. The maximum absolute atomic E-state index is 8.62. The molecule has 0 aliphatic carbocycles. The van der Waals surface area contributed by atoms with Gasteiger partial charge in [0.2, 0.25) is 0 Å². The topological polar surface area (TPSA) is 20.2 Å². The zero-order valence-corrected chi connectivity index (χ0v) is 5.69. The second-order valence-corrected chi connectivity index (χ2v) is 2.28. The molecule has 1 aromatic carbocycles. The molecular weight excluding hydrogens is 132 g/mol. The zero-order chi connectivity index (χ0) is 6.69. The van der Waals surface area contributed by atoms with Gasteiger partial charge in [-0.25, -0.2) is 0 Å². The first-order chi connectivity index (χ1) is 4.33. The Morgan fingerprint density at radius 3 is 2.67 bits per heavy atom. The number of rotatable bonds is 1. The Morgan fingerprint density at radius 2 is 2.22 bits per heavy atom. The molecule has 0 saturated carbocycles. The molecule has 0 saturated heterocycles. The van der Waals surface area contributed by atoms with Crippen LogP contribution in [0.2, 0.25) is 0 Å². The molecule has 0 unspecified atom stereocenters. The van der Waals surface area contributed by atoms with Crippen molar-refractivity contribution in [3.8, 4) is 0 Å². The van der Waals surface area contributed by atoms with Crippen molar-refractivity contribution < 1.29 is 5.11 Å². The average molecular weight is 139 g/mol. The highest BCUT2D eigenvalue weighted by Crippen LogP contribution is 2.07. The summed E-state index contributed by atoms with van der Waals surface area (Å²) in [6, 6.07) is 7.30. The largest absolute Gasteiger partial charge is 0.392 e. The highest BCUT2D eigenvalue weighted by Gasteiger charge is 1.88. The van der Waals surface area contributed by atoms with Crippen LogP contribution in [0.4, 0.5) is 0 Å². The predicted octanol–water partition coefficient (Wildman–Crippen LogP) is 1.74. The Kier molecular flexibility index (Phi) is 2.03. The number of hydrogen-bond acceptors (Lipinski definition) is 1. The third-order valence-electron chi connectivity index (χ3n) is 1.08. The minimum absolute atomic E-state index is 0.0739. The van der Waals surface area contributed by atoms with Crippen molar-refractivity contribution >= 4 is 12.6 Å². The first-order valence-corrected chi connectivity index (χ1v) is 3.10. The van der Waals surface area contributed by atoms with Crippen molar-refractivity contribution in [2.45, 2.75) is 11.5 Å². The lowest BCUT2D eigenvalue weighted by molar-refractivity contribution is 0.281. The maximum atomic E-state index is 8.62. The summed E-state index contributed by atoms with van der Waals surface area (Å²) in [6.07, 6.45) is 0. The molecular formula is C7H7OS. The fourth-order valence-corrected chi connectivity index (χ4v) is 0.874. The van der Waals surface area contributed by atoms with Gasteiger partial charge in [0.25, 0.3) is 0 Å². The van der Waals surface area contributed by atoms with E-state index in [4.69, 9.17) is 17.7 Å². The van der Waals surface area contributed by atoms with Crippen molar-refractivity contribution in [3.63, 3.8) is 0 Å². The molecule has 0 fully saturated rings. The fraction of sp³-hybridized carbons (Fsp3) is 0.143. The van der Waals surface area contributed by atoms with Crippen LogP contribution in [0.3, 0.4) is 0 Å². The molecule has 1 rings (SSSR count). The minimum Gasteiger partial charge on any atom is -0.392 e. The van der Waals surface area contributed by atoms with Gasteiger partial charge in [0.15, 0.2) is 0 Å². The Labute approximate surface area is 59.7 Å². The third-order valence-corrected chi connectivity index (χ3v) is 1.33. The van der Waals surface area contributed by atoms with Crippen LogP contribution < -0.4 is 0 Å². The van der Waals surface area contributed by atoms with Crippen LogP contribution in [-0.2, 0) is 6.61 Å². The molecule has 0 aliphatic rings. The maximum Gasteiger partial charge on any atom is 0.0682 e. The number of hydrogen-bond donors (Lipinski definition) is 1. The minimum atomic E-state index is 0.0739. The van der Waals surface area contributed by atoms with Gasteiger partial charge in [-0.2, -0.15) is 0 Å². The second-order valence-electron chi connectivity index (χ2n) is 1.81. The molecule has 0 aliphatic heterocycles. The van der Waals surface area contributed by atoms with Crippen LogP contribution in [-0.4, -0.2) is 5.11 Å². The number of aliphatic hydroxyl groups excluding tert-OH is 1. The van der Waals surface area contributed by atoms with Crippen molar-refractivity contribution in [1.82, 2.24) is 0 Å². The van der Waals surface area contributed by atoms with Crippen LogP contribution in [0.15, 0.2) is 29.2 Å². The summed E-state index contributed by atoms with van der Waals surface area (Å²) in [7, 11) is 0. The smallest absolute Gasteiger partial charge is 0.0682 e. The Hall–Kier alpha value is -0.600. The van der Waals surface area contributed by atoms with Gasteiger partial charge < -0.3 is 5.11 Å². The van der Waals surface area contributed by atoms with E-state index < -0.39 is 0 Å². The predicted molar refractivity (Wildman–Crippen MR) is 38.2 cm³/mol. The van der Waals surface area contributed by atoms with Gasteiger partial charge in [0.1, 0.15) is 0 Å². The van der Waals surface area contributed by atoms with E-state index in [9.17, 15) is 0 Å². The van der Waals surface area contributed by atoms with Crippen LogP contribution >= 0.6 is 12.6 Å². The van der Waals surface area contributed by atoms with Crippen molar-refractivity contribution in [3.05, 3.63) is 29.8 Å². The van der Waals surface area contributed by atoms with Crippen LogP contribution in [0.1, 0.15) is 5.56 Å². The summed E-state index contributed by atoms with van der Waals surface area (Å²) in [5.74, 6) is 0. The Morgan fingerprint density at radius 1 is 1.44 bits per heavy atom. The standard InChI is InChI=1S/C7H7OS/c8-5-6-2-1-3-7(9)4-6/h1-4,8H,5H2. The van der Waals surface area contributed by atoms with Crippen molar-refractivity contribution in [1.29, 1.82) is 0 Å². The molecule has 0 aromatic heterocycles. The molecule has 1 nitrogen and oxygen atoms in total. The summed E-state index contributed by atoms with van der Waals surface area (Å²) in [5, 5.41) is 8.62. The van der Waals surface area contributed by atoms with Gasteiger partial charge in [-0.1, -0.05) is 24.8 Å². The van der Waals surface area contributed by atoms with E-state index in [1.54, 1.807) is 6.07 Å². The molecule has 0 spiro atoms. The highest BCUT2D eigenvalue weighted by atomic mass is 32.1. The lowest BCUT2D eigenvalue weighted by Crippen LogP contribution is -1.80. The summed E-state index contributed by atoms with van der Waals surface area (Å²) >= 11 is 4.85. The molecule has 47 valence electrons. The van der Waals surface area contributed by atoms with Crippen LogP contribution in [0.25, 0.3) is 0 Å². The van der Waals surface area contributed by atoms with E-state index in [1.165, 1.54) is 0 Å². The first kappa shape index (κ1) is 6.52. The van der Waals surface area contributed by atoms with Gasteiger partial charge in [-0.3, -0.25) is 0 Å². The second kappa shape index (κ2) is 2.80. The SMILES string of the molecule is OCc1cccc([S])c1. The molecule has 0 atom stereocenters. The Balaban J connectivity index is 2.94. The summed E-state index contributed by atoms with van der Waals surface area (Å²) in [4.78, 5) is 0.779. The van der Waals surface area contributed by atoms with E-state index in [0.717, 1.165) is 10.5 Å². The van der Waals surface area contributed by atoms with E-state index in [1.807, 2.05) is 18.2 Å². The summed E-state index contributed by atoms with van der Waals surface area (Å²) in [5.41, 5.74) is 0.877. The molecule has 1 N–H and O–H groups in total. The van der Waals surface area contributed by atoms with Crippen molar-refractivity contribution in [2.75, 3.05) is 0 Å². The van der Waals surface area contributed by atoms with Gasteiger partial charge in [0, 0.05) is 4.90 Å². The summed E-state index contributed by atoms with van der Waals surface area (Å²) in [6.45, 7) is 0.0739. The van der Waals surface area contributed by atoms with Gasteiger partial charge >= 0.3 is 0 Å². The van der Waals surface area contributed by atoms with E-state index >= 15 is 0 Å². The molecule has 9 heavy (non-hydrogen) atoms. The molecule has 1 aromatic rings. The van der Waals surface area contributed by atoms with Gasteiger partial charge in [-0.15, -0.1) is 0 Å². The first-order valence-electron chi connectivity index (χ1n) is 2.70. The van der Waals surface area contributed by atoms with E-state index in [-0.39, 0.29) is 6.61 Å².